The molecule has 1 aliphatic carbocycles. The Bertz CT molecular complexity index is 1580. The molecule has 0 bridgehead atoms. The van der Waals surface area contributed by atoms with Crippen molar-refractivity contribution in [3.05, 3.63) is 109 Å². The summed E-state index contributed by atoms with van der Waals surface area (Å²) in [5.74, 6) is -1.24. The van der Waals surface area contributed by atoms with Crippen LogP contribution in [0.2, 0.25) is 0 Å². The zero-order chi connectivity index (χ0) is 48.7. The first-order chi connectivity index (χ1) is 31.8. The first-order valence-corrected chi connectivity index (χ1v) is 25.3. The van der Waals surface area contributed by atoms with Crippen molar-refractivity contribution in [1.82, 2.24) is 0 Å². The van der Waals surface area contributed by atoms with Gasteiger partial charge in [0.15, 0.2) is 6.10 Å². The van der Waals surface area contributed by atoms with E-state index in [1.807, 2.05) is 36.5 Å². The van der Waals surface area contributed by atoms with Crippen LogP contribution in [0.1, 0.15) is 136 Å². The summed E-state index contributed by atoms with van der Waals surface area (Å²) in [6.45, 7) is 2.93. The van der Waals surface area contributed by atoms with E-state index in [2.05, 4.69) is 74.6 Å². The lowest BCUT2D eigenvalue weighted by Gasteiger charge is -2.41. The van der Waals surface area contributed by atoms with Gasteiger partial charge in [-0.05, 0) is 83.5 Å². The minimum absolute atomic E-state index is 0.0239. The van der Waals surface area contributed by atoms with Crippen LogP contribution in [0.4, 0.5) is 0 Å². The highest BCUT2D eigenvalue weighted by Gasteiger charge is 2.51. The van der Waals surface area contributed by atoms with Crippen LogP contribution in [0.25, 0.3) is 0 Å². The zero-order valence-electron chi connectivity index (χ0n) is 39.3. The SMILES string of the molecule is CC/C=C\C/C=C\C/C=C\C/C=C\CCCCCCCCC(=O)OC[C@H](COP(=O)(O)OC1[C@H](O)[C@H](O)C(O)[C@H](O)[C@H]1O)OC(=O)CCC/C=C\C/C=C\C=C\C(O)C/C=C\C/C=C\CC. The number of carbonyl (C=O) groups is 2. The molecule has 66 heavy (non-hydrogen) atoms. The van der Waals surface area contributed by atoms with Gasteiger partial charge in [-0.3, -0.25) is 18.6 Å². The van der Waals surface area contributed by atoms with Gasteiger partial charge in [-0.25, -0.2) is 4.57 Å². The molecular weight excluding hydrogens is 868 g/mol. The van der Waals surface area contributed by atoms with Gasteiger partial charge in [-0.1, -0.05) is 149 Å². The summed E-state index contributed by atoms with van der Waals surface area (Å²) in [5.41, 5.74) is 0. The first kappa shape index (κ1) is 60.5. The van der Waals surface area contributed by atoms with E-state index in [9.17, 15) is 49.7 Å². The average molecular weight is 949 g/mol. The van der Waals surface area contributed by atoms with Crippen molar-refractivity contribution in [2.24, 2.45) is 0 Å². The number of phosphoric ester groups is 1. The third kappa shape index (κ3) is 31.4. The van der Waals surface area contributed by atoms with E-state index in [1.165, 1.54) is 0 Å². The van der Waals surface area contributed by atoms with Gasteiger partial charge >= 0.3 is 19.8 Å². The Labute approximate surface area is 394 Å². The summed E-state index contributed by atoms with van der Waals surface area (Å²) < 4.78 is 33.4. The molecule has 0 saturated heterocycles. The van der Waals surface area contributed by atoms with Crippen LogP contribution in [0.5, 0.6) is 0 Å². The minimum atomic E-state index is -5.16. The zero-order valence-corrected chi connectivity index (χ0v) is 40.2. The molecule has 4 unspecified atom stereocenters. The second-order valence-corrected chi connectivity index (χ2v) is 17.5. The highest BCUT2D eigenvalue weighted by molar-refractivity contribution is 7.47. The molecule has 7 N–H and O–H groups in total. The minimum Gasteiger partial charge on any atom is -0.462 e. The maximum Gasteiger partial charge on any atom is 0.472 e. The van der Waals surface area contributed by atoms with Crippen molar-refractivity contribution in [2.45, 2.75) is 185 Å². The van der Waals surface area contributed by atoms with Crippen LogP contribution in [0.3, 0.4) is 0 Å². The van der Waals surface area contributed by atoms with Crippen LogP contribution in [-0.2, 0) is 32.7 Å². The van der Waals surface area contributed by atoms with E-state index < -0.39 is 81.8 Å². The lowest BCUT2D eigenvalue weighted by atomic mass is 9.85. The number of carbonyl (C=O) groups excluding carboxylic acids is 2. The molecule has 0 heterocycles. The van der Waals surface area contributed by atoms with E-state index in [-0.39, 0.29) is 12.8 Å². The molecule has 0 amide bonds. The van der Waals surface area contributed by atoms with Crippen molar-refractivity contribution < 1.29 is 68.2 Å². The van der Waals surface area contributed by atoms with Crippen molar-refractivity contribution in [3.63, 3.8) is 0 Å². The Hall–Kier alpha value is -3.53. The molecule has 0 aromatic carbocycles. The predicted octanol–water partition coefficient (Wildman–Crippen LogP) is 8.58. The molecule has 1 aliphatic rings. The van der Waals surface area contributed by atoms with Gasteiger partial charge in [0.2, 0.25) is 0 Å². The number of aliphatic hydroxyl groups is 6. The quantitative estimate of drug-likeness (QED) is 0.0102. The smallest absolute Gasteiger partial charge is 0.462 e. The normalized spacial score (nSPS) is 22.7. The molecule has 1 rings (SSSR count). The number of phosphoric acid groups is 1. The fourth-order valence-electron chi connectivity index (χ4n) is 6.40. The average Bonchev–Trinajstić information content (AvgIpc) is 3.29. The molecule has 9 atom stereocenters. The molecule has 0 aromatic rings. The summed E-state index contributed by atoms with van der Waals surface area (Å²) in [7, 11) is -5.16. The maximum absolute atomic E-state index is 12.8. The number of rotatable bonds is 37. The topological polar surface area (TPSA) is 230 Å². The number of hydrogen-bond acceptors (Lipinski definition) is 13. The fraction of sp³-hybridized carbons (Fsp3) is 0.608. The molecule has 0 spiro atoms. The molecule has 1 fully saturated rings. The molecular formula is C51H81O14P. The molecule has 1 saturated carbocycles. The van der Waals surface area contributed by atoms with Gasteiger partial charge in [0, 0.05) is 12.8 Å². The van der Waals surface area contributed by atoms with Crippen LogP contribution in [0.15, 0.2) is 109 Å². The lowest BCUT2D eigenvalue weighted by molar-refractivity contribution is -0.220. The van der Waals surface area contributed by atoms with Crippen molar-refractivity contribution in [3.8, 4) is 0 Å². The maximum atomic E-state index is 12.8. The third-order valence-electron chi connectivity index (χ3n) is 10.2. The Kier molecular flexibility index (Phi) is 36.2. The highest BCUT2D eigenvalue weighted by Crippen LogP contribution is 2.47. The van der Waals surface area contributed by atoms with Crippen LogP contribution >= 0.6 is 7.82 Å². The summed E-state index contributed by atoms with van der Waals surface area (Å²) >= 11 is 0. The fourth-order valence-corrected chi connectivity index (χ4v) is 7.37. The molecule has 0 radical (unpaired) electrons. The van der Waals surface area contributed by atoms with Crippen molar-refractivity contribution in [2.75, 3.05) is 13.2 Å². The summed E-state index contributed by atoms with van der Waals surface area (Å²) in [6.07, 6.45) is 37.3. The molecule has 0 aromatic heterocycles. The molecule has 15 heteroatoms. The van der Waals surface area contributed by atoms with Crippen LogP contribution in [0, 0.1) is 0 Å². The number of esters is 2. The van der Waals surface area contributed by atoms with Gasteiger partial charge in [-0.2, -0.15) is 0 Å². The van der Waals surface area contributed by atoms with Gasteiger partial charge in [0.25, 0.3) is 0 Å². The van der Waals surface area contributed by atoms with Gasteiger partial charge in [0.05, 0.1) is 12.7 Å². The van der Waals surface area contributed by atoms with E-state index in [1.54, 1.807) is 12.2 Å². The summed E-state index contributed by atoms with van der Waals surface area (Å²) in [6, 6.07) is 0. The second kappa shape index (κ2) is 39.5. The number of allylic oxidation sites excluding steroid dienone is 16. The number of unbranched alkanes of at least 4 members (excludes halogenated alkanes) is 7. The van der Waals surface area contributed by atoms with Gasteiger partial charge < -0.3 is 45.0 Å². The van der Waals surface area contributed by atoms with E-state index in [0.717, 1.165) is 77.0 Å². The number of aliphatic hydroxyl groups excluding tert-OH is 6. The van der Waals surface area contributed by atoms with Crippen LogP contribution in [-0.4, -0.2) is 110 Å². The Morgan fingerprint density at radius 3 is 1.61 bits per heavy atom. The lowest BCUT2D eigenvalue weighted by Crippen LogP contribution is -2.64. The largest absolute Gasteiger partial charge is 0.472 e. The molecule has 0 aliphatic heterocycles. The number of hydrogen-bond donors (Lipinski definition) is 7. The predicted molar refractivity (Wildman–Crippen MR) is 259 cm³/mol. The number of ether oxygens (including phenoxy) is 2. The highest BCUT2D eigenvalue weighted by atomic mass is 31.2. The summed E-state index contributed by atoms with van der Waals surface area (Å²) in [4.78, 5) is 35.7. The van der Waals surface area contributed by atoms with Crippen molar-refractivity contribution in [1.29, 1.82) is 0 Å². The monoisotopic (exact) mass is 949 g/mol. The Morgan fingerprint density at radius 1 is 0.545 bits per heavy atom. The van der Waals surface area contributed by atoms with E-state index in [0.29, 0.717) is 32.1 Å². The standard InChI is InChI=1S/C51H81O14P/c1-3-5-7-9-11-12-13-14-15-16-17-18-19-20-21-22-26-30-34-38-44(53)62-40-43(41-63-66(60,61)65-51-49(58)47(56)46(55)48(57)50(51)59)64-45(54)39-35-31-27-24-23-25-29-33-37-42(52)36-32-28-10-8-6-4-2/h5-8,11-12,14-15,17-18,24-25,27-29,32-33,37,42-43,46-52,55-59H,3-4,9-10,13,16,19-23,26,30-31,34-36,38-41H2,1-2H3,(H,60,61)/b7-5-,8-6-,12-11-,15-14-,18-17-,27-24-,29-25-,32-28-,37-33+/t42?,43-,46?,47-,48+,49-,50-,51?/m1/s1. The molecule has 374 valence electrons. The van der Waals surface area contributed by atoms with E-state index in [4.69, 9.17) is 18.5 Å². The summed E-state index contributed by atoms with van der Waals surface area (Å²) in [5, 5.41) is 60.2. The third-order valence-corrected chi connectivity index (χ3v) is 11.2. The second-order valence-electron chi connectivity index (χ2n) is 16.0. The first-order valence-electron chi connectivity index (χ1n) is 23.8. The van der Waals surface area contributed by atoms with Crippen molar-refractivity contribution >= 4 is 19.8 Å². The Morgan fingerprint density at radius 2 is 1.02 bits per heavy atom. The van der Waals surface area contributed by atoms with E-state index >= 15 is 0 Å². The van der Waals surface area contributed by atoms with Gasteiger partial charge in [0.1, 0.15) is 43.2 Å². The Balaban J connectivity index is 2.53. The molecule has 14 nitrogen and oxygen atoms in total. The van der Waals surface area contributed by atoms with Crippen LogP contribution < -0.4 is 0 Å². The van der Waals surface area contributed by atoms with Gasteiger partial charge in [-0.15, -0.1) is 0 Å².